The highest BCUT2D eigenvalue weighted by Gasteiger charge is 2.14. The van der Waals surface area contributed by atoms with Crippen molar-refractivity contribution < 1.29 is 4.79 Å². The summed E-state index contributed by atoms with van der Waals surface area (Å²) in [5, 5.41) is 9.34. The van der Waals surface area contributed by atoms with E-state index in [1.165, 1.54) is 43.5 Å². The van der Waals surface area contributed by atoms with E-state index in [1.807, 2.05) is 20.8 Å². The number of nitrogens with one attached hydrogen (secondary N) is 3. The van der Waals surface area contributed by atoms with Crippen molar-refractivity contribution >= 4 is 35.8 Å². The average molecular weight is 501 g/mol. The molecule has 1 aliphatic heterocycles. The van der Waals surface area contributed by atoms with Crippen molar-refractivity contribution in [2.45, 2.75) is 58.7 Å². The molecule has 0 saturated carbocycles. The summed E-state index contributed by atoms with van der Waals surface area (Å²) in [6, 6.07) is 8.54. The number of aliphatic imine (C=N–C) groups is 1. The molecule has 28 heavy (non-hydrogen) atoms. The Morgan fingerprint density at radius 2 is 1.71 bits per heavy atom. The van der Waals surface area contributed by atoms with Gasteiger partial charge in [0.15, 0.2) is 5.96 Å². The molecule has 1 aromatic rings. The number of likely N-dealkylation sites (tertiary alicyclic amines) is 1. The molecule has 1 heterocycles. The first kappa shape index (κ1) is 24.7. The van der Waals surface area contributed by atoms with Crippen LogP contribution in [0.3, 0.4) is 0 Å². The molecule has 1 aromatic carbocycles. The summed E-state index contributed by atoms with van der Waals surface area (Å²) in [6.07, 6.45) is 3.95. The maximum Gasteiger partial charge on any atom is 0.239 e. The van der Waals surface area contributed by atoms with Gasteiger partial charge in [-0.1, -0.05) is 30.7 Å². The van der Waals surface area contributed by atoms with Crippen molar-refractivity contribution in [3.8, 4) is 0 Å². The lowest BCUT2D eigenvalue weighted by Gasteiger charge is -2.27. The van der Waals surface area contributed by atoms with Gasteiger partial charge in [0.2, 0.25) is 5.91 Å². The van der Waals surface area contributed by atoms with Gasteiger partial charge in [-0.2, -0.15) is 0 Å². The highest BCUT2D eigenvalue weighted by atomic mass is 127. The Bertz CT molecular complexity index is 636. The van der Waals surface area contributed by atoms with Crippen LogP contribution in [0.25, 0.3) is 0 Å². The minimum absolute atomic E-state index is 0. The quantitative estimate of drug-likeness (QED) is 0.319. The lowest BCUT2D eigenvalue weighted by atomic mass is 10.0. The van der Waals surface area contributed by atoms with Gasteiger partial charge in [0, 0.05) is 25.7 Å². The molecule has 1 aliphatic rings. The summed E-state index contributed by atoms with van der Waals surface area (Å²) < 4.78 is 0. The van der Waals surface area contributed by atoms with Crippen molar-refractivity contribution in [3.05, 3.63) is 35.4 Å². The number of guanidine groups is 1. The van der Waals surface area contributed by atoms with Gasteiger partial charge in [-0.05, 0) is 57.8 Å². The van der Waals surface area contributed by atoms with Gasteiger partial charge >= 0.3 is 0 Å². The molecule has 0 unspecified atom stereocenters. The van der Waals surface area contributed by atoms with Gasteiger partial charge in [0.05, 0.1) is 6.54 Å². The Kier molecular flexibility index (Phi) is 10.8. The number of hydrogen-bond acceptors (Lipinski definition) is 3. The van der Waals surface area contributed by atoms with E-state index in [9.17, 15) is 4.79 Å². The molecule has 0 aromatic heterocycles. The SMILES string of the molecule is CN=C(NCC(=O)NC(C)(C)C)NCc1ccccc1CN1CCCCC1.I. The monoisotopic (exact) mass is 501 g/mol. The summed E-state index contributed by atoms with van der Waals surface area (Å²) in [7, 11) is 1.72. The Hall–Kier alpha value is -1.35. The third-order valence-corrected chi connectivity index (χ3v) is 4.56. The fourth-order valence-electron chi connectivity index (χ4n) is 3.27. The van der Waals surface area contributed by atoms with Crippen LogP contribution >= 0.6 is 24.0 Å². The number of carbonyl (C=O) groups is 1. The predicted octanol–water partition coefficient (Wildman–Crippen LogP) is 2.87. The van der Waals surface area contributed by atoms with E-state index in [2.05, 4.69) is 50.1 Å². The second-order valence-corrected chi connectivity index (χ2v) is 8.18. The van der Waals surface area contributed by atoms with Crippen LogP contribution in [0.2, 0.25) is 0 Å². The predicted molar refractivity (Wildman–Crippen MR) is 127 cm³/mol. The van der Waals surface area contributed by atoms with Crippen LogP contribution in [0.5, 0.6) is 0 Å². The summed E-state index contributed by atoms with van der Waals surface area (Å²) in [5.41, 5.74) is 2.39. The first-order valence-corrected chi connectivity index (χ1v) is 9.92. The van der Waals surface area contributed by atoms with Crippen LogP contribution in [0.15, 0.2) is 29.3 Å². The number of amides is 1. The maximum absolute atomic E-state index is 12.0. The van der Waals surface area contributed by atoms with Gasteiger partial charge in [0.25, 0.3) is 0 Å². The van der Waals surface area contributed by atoms with E-state index in [4.69, 9.17) is 0 Å². The Balaban J connectivity index is 0.00000392. The van der Waals surface area contributed by atoms with Gasteiger partial charge in [-0.25, -0.2) is 0 Å². The molecule has 6 nitrogen and oxygen atoms in total. The second kappa shape index (κ2) is 12.3. The zero-order chi connectivity index (χ0) is 19.7. The number of piperidine rings is 1. The summed E-state index contributed by atoms with van der Waals surface area (Å²) in [4.78, 5) is 18.7. The van der Waals surface area contributed by atoms with Crippen LogP contribution in [0.1, 0.15) is 51.2 Å². The van der Waals surface area contributed by atoms with Crippen molar-refractivity contribution in [2.75, 3.05) is 26.7 Å². The highest BCUT2D eigenvalue weighted by molar-refractivity contribution is 14.0. The second-order valence-electron chi connectivity index (χ2n) is 8.18. The largest absolute Gasteiger partial charge is 0.352 e. The van der Waals surface area contributed by atoms with E-state index >= 15 is 0 Å². The number of nitrogens with zero attached hydrogens (tertiary/aromatic N) is 2. The van der Waals surface area contributed by atoms with Gasteiger partial charge in [-0.3, -0.25) is 14.7 Å². The molecule has 0 spiro atoms. The first-order chi connectivity index (χ1) is 12.9. The standard InChI is InChI=1S/C21H35N5O.HI/c1-21(2,3)25-19(27)15-24-20(22-4)23-14-17-10-6-7-11-18(17)16-26-12-8-5-9-13-26;/h6-7,10-11H,5,8-9,12-16H2,1-4H3,(H,25,27)(H2,22,23,24);1H. The van der Waals surface area contributed by atoms with E-state index in [0.29, 0.717) is 12.5 Å². The fraction of sp³-hybridized carbons (Fsp3) is 0.619. The summed E-state index contributed by atoms with van der Waals surface area (Å²) >= 11 is 0. The minimum Gasteiger partial charge on any atom is -0.352 e. The molecule has 7 heteroatoms. The van der Waals surface area contributed by atoms with Crippen molar-refractivity contribution in [1.82, 2.24) is 20.9 Å². The van der Waals surface area contributed by atoms with E-state index < -0.39 is 0 Å². The average Bonchev–Trinajstić information content (AvgIpc) is 2.62. The minimum atomic E-state index is -0.233. The molecule has 158 valence electrons. The summed E-state index contributed by atoms with van der Waals surface area (Å²) in [5.74, 6) is 0.586. The van der Waals surface area contributed by atoms with Crippen molar-refractivity contribution in [3.63, 3.8) is 0 Å². The number of halogens is 1. The number of benzene rings is 1. The molecule has 0 aliphatic carbocycles. The lowest BCUT2D eigenvalue weighted by molar-refractivity contribution is -0.121. The van der Waals surface area contributed by atoms with Crippen LogP contribution < -0.4 is 16.0 Å². The third kappa shape index (κ3) is 9.23. The Labute approximate surface area is 187 Å². The Morgan fingerprint density at radius 1 is 1.07 bits per heavy atom. The highest BCUT2D eigenvalue weighted by Crippen LogP contribution is 2.16. The summed E-state index contributed by atoms with van der Waals surface area (Å²) in [6.45, 7) is 10.2. The molecule has 0 bridgehead atoms. The first-order valence-electron chi connectivity index (χ1n) is 9.92. The van der Waals surface area contributed by atoms with Crippen LogP contribution in [-0.4, -0.2) is 49.0 Å². The van der Waals surface area contributed by atoms with E-state index in [1.54, 1.807) is 7.05 Å². The molecule has 1 amide bonds. The van der Waals surface area contributed by atoms with Gasteiger partial charge in [0.1, 0.15) is 0 Å². The van der Waals surface area contributed by atoms with Gasteiger partial charge < -0.3 is 16.0 Å². The molecule has 0 radical (unpaired) electrons. The number of hydrogen-bond donors (Lipinski definition) is 3. The molecule has 1 saturated heterocycles. The van der Waals surface area contributed by atoms with Gasteiger partial charge in [-0.15, -0.1) is 24.0 Å². The normalized spacial score (nSPS) is 15.5. The molecular weight excluding hydrogens is 465 g/mol. The Morgan fingerprint density at radius 3 is 2.32 bits per heavy atom. The molecule has 1 fully saturated rings. The third-order valence-electron chi connectivity index (χ3n) is 4.56. The van der Waals surface area contributed by atoms with Crippen LogP contribution in [0.4, 0.5) is 0 Å². The van der Waals surface area contributed by atoms with E-state index in [-0.39, 0.29) is 42.0 Å². The molecule has 3 N–H and O–H groups in total. The van der Waals surface area contributed by atoms with Crippen LogP contribution in [0, 0.1) is 0 Å². The lowest BCUT2D eigenvalue weighted by Crippen LogP contribution is -2.48. The zero-order valence-electron chi connectivity index (χ0n) is 17.7. The molecule has 0 atom stereocenters. The molecule has 2 rings (SSSR count). The molecular formula is C21H36IN5O. The number of rotatable bonds is 6. The maximum atomic E-state index is 12.0. The fourth-order valence-corrected chi connectivity index (χ4v) is 3.27. The number of carbonyl (C=O) groups excluding carboxylic acids is 1. The van der Waals surface area contributed by atoms with Crippen molar-refractivity contribution in [1.29, 1.82) is 0 Å². The zero-order valence-corrected chi connectivity index (χ0v) is 20.0. The smallest absolute Gasteiger partial charge is 0.239 e. The van der Waals surface area contributed by atoms with Crippen molar-refractivity contribution in [2.24, 2.45) is 4.99 Å². The van der Waals surface area contributed by atoms with E-state index in [0.717, 1.165) is 6.54 Å². The van der Waals surface area contributed by atoms with Crippen LogP contribution in [-0.2, 0) is 17.9 Å². The topological polar surface area (TPSA) is 68.8 Å².